The Morgan fingerprint density at radius 3 is 2.20 bits per heavy atom. The van der Waals surface area contributed by atoms with Crippen molar-refractivity contribution in [2.24, 2.45) is 4.99 Å². The fourth-order valence-electron chi connectivity index (χ4n) is 2.81. The van der Waals surface area contributed by atoms with Gasteiger partial charge in [0.2, 0.25) is 5.96 Å². The second-order valence-corrected chi connectivity index (χ2v) is 7.17. The van der Waals surface area contributed by atoms with E-state index >= 15 is 0 Å². The van der Waals surface area contributed by atoms with Crippen LogP contribution in [0.3, 0.4) is 0 Å². The highest BCUT2D eigenvalue weighted by molar-refractivity contribution is 5.94. The van der Waals surface area contributed by atoms with Gasteiger partial charge in [0.05, 0.1) is 5.54 Å². The Hall–Kier alpha value is -3.55. The van der Waals surface area contributed by atoms with Gasteiger partial charge in [0.15, 0.2) is 0 Å². The number of ether oxygens (including phenoxy) is 3. The van der Waals surface area contributed by atoms with E-state index in [0.29, 0.717) is 13.0 Å². The van der Waals surface area contributed by atoms with Crippen LogP contribution in [0.15, 0.2) is 65.7 Å². The molecule has 158 valence electrons. The Kier molecular flexibility index (Phi) is 7.26. The lowest BCUT2D eigenvalue weighted by Gasteiger charge is -2.34. The number of amides is 1. The van der Waals surface area contributed by atoms with Crippen LogP contribution < -0.4 is 10.6 Å². The lowest BCUT2D eigenvalue weighted by molar-refractivity contribution is 0.0321. The predicted molar refractivity (Wildman–Crippen MR) is 111 cm³/mol. The molecule has 1 heterocycles. The molecule has 3 rings (SSSR count). The quantitative estimate of drug-likeness (QED) is 0.707. The first-order chi connectivity index (χ1) is 14.5. The predicted octanol–water partition coefficient (Wildman–Crippen LogP) is 3.37. The Bertz CT molecular complexity index is 873. The third kappa shape index (κ3) is 6.80. The molecule has 1 unspecified atom stereocenters. The number of hydrogen-bond acceptors (Lipinski definition) is 7. The minimum absolute atomic E-state index is 0.0698. The molecule has 8 nitrogen and oxygen atoms in total. The number of benzene rings is 2. The minimum Gasteiger partial charge on any atom is -0.444 e. The molecule has 0 saturated heterocycles. The van der Waals surface area contributed by atoms with Crippen molar-refractivity contribution in [3.8, 4) is 0 Å². The van der Waals surface area contributed by atoms with Gasteiger partial charge in [0, 0.05) is 6.54 Å². The highest BCUT2D eigenvalue weighted by Gasteiger charge is 2.31. The smallest absolute Gasteiger partial charge is 0.444 e. The van der Waals surface area contributed by atoms with Crippen molar-refractivity contribution in [2.75, 3.05) is 13.2 Å². The highest BCUT2D eigenvalue weighted by atomic mass is 16.7. The number of rotatable bonds is 6. The second-order valence-electron chi connectivity index (χ2n) is 7.17. The molecule has 0 radical (unpaired) electrons. The molecule has 30 heavy (non-hydrogen) atoms. The summed E-state index contributed by atoms with van der Waals surface area (Å²) < 4.78 is 15.6. The van der Waals surface area contributed by atoms with Crippen molar-refractivity contribution >= 4 is 18.2 Å². The van der Waals surface area contributed by atoms with Crippen LogP contribution in [0.4, 0.5) is 9.59 Å². The Balaban J connectivity index is 1.40. The van der Waals surface area contributed by atoms with Crippen molar-refractivity contribution in [3.05, 3.63) is 71.8 Å². The largest absolute Gasteiger partial charge is 0.508 e. The van der Waals surface area contributed by atoms with Crippen LogP contribution >= 0.6 is 0 Å². The van der Waals surface area contributed by atoms with Gasteiger partial charge in [-0.1, -0.05) is 60.7 Å². The van der Waals surface area contributed by atoms with Crippen LogP contribution in [-0.2, 0) is 27.4 Å². The number of nitrogens with zero attached hydrogens (tertiary/aromatic N) is 1. The second kappa shape index (κ2) is 10.3. The monoisotopic (exact) mass is 411 g/mol. The zero-order valence-corrected chi connectivity index (χ0v) is 16.8. The SMILES string of the molecule is CC1(COC(=O)OCc2ccccc2)CCN=C(NC(=O)OCc2ccccc2)N1. The minimum atomic E-state index is -0.749. The lowest BCUT2D eigenvalue weighted by Crippen LogP contribution is -2.57. The van der Waals surface area contributed by atoms with E-state index < -0.39 is 17.8 Å². The average molecular weight is 411 g/mol. The molecule has 0 saturated carbocycles. The fourth-order valence-corrected chi connectivity index (χ4v) is 2.81. The zero-order valence-electron chi connectivity index (χ0n) is 16.8. The molecule has 1 aliphatic heterocycles. The van der Waals surface area contributed by atoms with Crippen molar-refractivity contribution in [1.82, 2.24) is 10.6 Å². The Morgan fingerprint density at radius 2 is 1.57 bits per heavy atom. The van der Waals surface area contributed by atoms with Gasteiger partial charge in [0.25, 0.3) is 0 Å². The molecule has 1 atom stereocenters. The van der Waals surface area contributed by atoms with E-state index in [0.717, 1.165) is 11.1 Å². The number of alkyl carbamates (subject to hydrolysis) is 1. The van der Waals surface area contributed by atoms with Crippen molar-refractivity contribution in [3.63, 3.8) is 0 Å². The van der Waals surface area contributed by atoms with E-state index in [1.165, 1.54) is 0 Å². The summed E-state index contributed by atoms with van der Waals surface area (Å²) in [6, 6.07) is 18.7. The van der Waals surface area contributed by atoms with Gasteiger partial charge in [-0.15, -0.1) is 0 Å². The van der Waals surface area contributed by atoms with Gasteiger partial charge in [-0.2, -0.15) is 0 Å². The average Bonchev–Trinajstić information content (AvgIpc) is 2.76. The topological polar surface area (TPSA) is 98.3 Å². The molecule has 2 aromatic carbocycles. The standard InChI is InChI=1S/C22H25N3O5/c1-22(16-30-21(27)29-15-18-10-6-3-7-11-18)12-13-23-19(25-22)24-20(26)28-14-17-8-4-2-5-9-17/h2-11H,12-16H2,1H3,(H2,23,24,25,26). The molecule has 0 fully saturated rings. The van der Waals surface area contributed by atoms with Gasteiger partial charge in [0.1, 0.15) is 19.8 Å². The van der Waals surface area contributed by atoms with E-state index in [-0.39, 0.29) is 25.8 Å². The maximum absolute atomic E-state index is 12.0. The lowest BCUT2D eigenvalue weighted by atomic mass is 9.98. The van der Waals surface area contributed by atoms with E-state index in [2.05, 4.69) is 15.6 Å². The number of carbonyl (C=O) groups excluding carboxylic acids is 2. The Morgan fingerprint density at radius 1 is 0.967 bits per heavy atom. The van der Waals surface area contributed by atoms with Crippen molar-refractivity contribution in [1.29, 1.82) is 0 Å². The summed E-state index contributed by atoms with van der Waals surface area (Å²) >= 11 is 0. The van der Waals surface area contributed by atoms with Crippen LogP contribution in [-0.4, -0.2) is 36.9 Å². The van der Waals surface area contributed by atoms with Crippen LogP contribution in [0.2, 0.25) is 0 Å². The fraction of sp³-hybridized carbons (Fsp3) is 0.318. The molecule has 2 N–H and O–H groups in total. The number of guanidine groups is 1. The van der Waals surface area contributed by atoms with E-state index in [1.54, 1.807) is 0 Å². The van der Waals surface area contributed by atoms with Gasteiger partial charge >= 0.3 is 12.2 Å². The van der Waals surface area contributed by atoms with Crippen molar-refractivity contribution in [2.45, 2.75) is 32.1 Å². The summed E-state index contributed by atoms with van der Waals surface area (Å²) in [6.07, 6.45) is -0.734. The molecule has 8 heteroatoms. The number of carbonyl (C=O) groups is 2. The van der Waals surface area contributed by atoms with Crippen LogP contribution in [0.25, 0.3) is 0 Å². The van der Waals surface area contributed by atoms with Gasteiger partial charge in [-0.05, 0) is 24.5 Å². The maximum Gasteiger partial charge on any atom is 0.508 e. The highest BCUT2D eigenvalue weighted by Crippen LogP contribution is 2.15. The van der Waals surface area contributed by atoms with E-state index in [4.69, 9.17) is 14.2 Å². The number of aliphatic imine (C=N–C) groups is 1. The molecule has 0 spiro atoms. The molecular formula is C22H25N3O5. The van der Waals surface area contributed by atoms with Gasteiger partial charge < -0.3 is 19.5 Å². The molecule has 2 aromatic rings. The van der Waals surface area contributed by atoms with Gasteiger partial charge in [-0.3, -0.25) is 10.3 Å². The molecule has 0 aliphatic carbocycles. The summed E-state index contributed by atoms with van der Waals surface area (Å²) in [5.74, 6) is 0.281. The normalized spacial score (nSPS) is 17.8. The van der Waals surface area contributed by atoms with E-state index in [1.807, 2.05) is 67.6 Å². The first kappa shape index (κ1) is 21.2. The molecule has 0 bridgehead atoms. The first-order valence-corrected chi connectivity index (χ1v) is 9.66. The Labute approximate surface area is 175 Å². The van der Waals surface area contributed by atoms with Crippen molar-refractivity contribution < 1.29 is 23.8 Å². The summed E-state index contributed by atoms with van der Waals surface area (Å²) in [4.78, 5) is 28.2. The van der Waals surface area contributed by atoms with E-state index in [9.17, 15) is 9.59 Å². The summed E-state index contributed by atoms with van der Waals surface area (Å²) in [6.45, 7) is 2.72. The molecule has 0 aromatic heterocycles. The van der Waals surface area contributed by atoms with Gasteiger partial charge in [-0.25, -0.2) is 9.59 Å². The summed E-state index contributed by atoms with van der Waals surface area (Å²) in [5, 5.41) is 5.68. The zero-order chi connectivity index (χ0) is 21.2. The number of hydrogen-bond donors (Lipinski definition) is 2. The maximum atomic E-state index is 12.0. The number of nitrogens with one attached hydrogen (secondary N) is 2. The third-order valence-corrected chi connectivity index (χ3v) is 4.49. The van der Waals surface area contributed by atoms with Crippen LogP contribution in [0.5, 0.6) is 0 Å². The summed E-state index contributed by atoms with van der Waals surface area (Å²) in [5.41, 5.74) is 1.18. The van der Waals surface area contributed by atoms with Crippen LogP contribution in [0, 0.1) is 0 Å². The summed E-state index contributed by atoms with van der Waals surface area (Å²) in [7, 11) is 0. The molecular weight excluding hydrogens is 386 g/mol. The van der Waals surface area contributed by atoms with Crippen LogP contribution in [0.1, 0.15) is 24.5 Å². The first-order valence-electron chi connectivity index (χ1n) is 9.66. The molecule has 1 amide bonds. The third-order valence-electron chi connectivity index (χ3n) is 4.49. The molecule has 1 aliphatic rings.